The minimum atomic E-state index is 0.855. The lowest BCUT2D eigenvalue weighted by Gasteiger charge is -2.07. The third kappa shape index (κ3) is 4.37. The Labute approximate surface area is 85.7 Å². The SMILES string of the molecule is CC[C@H](C)CSCc1ccccc1. The second-order valence-corrected chi connectivity index (χ2v) is 4.54. The van der Waals surface area contributed by atoms with Gasteiger partial charge in [0.15, 0.2) is 0 Å². The van der Waals surface area contributed by atoms with Crippen LogP contribution in [0, 0.1) is 5.92 Å². The van der Waals surface area contributed by atoms with Gasteiger partial charge in [-0.05, 0) is 17.2 Å². The highest BCUT2D eigenvalue weighted by Gasteiger charge is 1.98. The van der Waals surface area contributed by atoms with Gasteiger partial charge in [0.2, 0.25) is 0 Å². The van der Waals surface area contributed by atoms with Crippen LogP contribution >= 0.6 is 11.8 Å². The van der Waals surface area contributed by atoms with E-state index in [9.17, 15) is 0 Å². The summed E-state index contributed by atoms with van der Waals surface area (Å²) >= 11 is 2.04. The molecule has 0 spiro atoms. The molecule has 0 heterocycles. The highest BCUT2D eigenvalue weighted by molar-refractivity contribution is 7.98. The Morgan fingerprint density at radius 2 is 1.92 bits per heavy atom. The number of thioether (sulfide) groups is 1. The van der Waals surface area contributed by atoms with Crippen molar-refractivity contribution in [3.05, 3.63) is 35.9 Å². The smallest absolute Gasteiger partial charge is 0.0184 e. The van der Waals surface area contributed by atoms with Gasteiger partial charge in [-0.3, -0.25) is 0 Å². The quantitative estimate of drug-likeness (QED) is 0.683. The van der Waals surface area contributed by atoms with E-state index < -0.39 is 0 Å². The predicted octanol–water partition coefficient (Wildman–Crippen LogP) is 3.97. The summed E-state index contributed by atoms with van der Waals surface area (Å²) in [4.78, 5) is 0. The highest BCUT2D eigenvalue weighted by Crippen LogP contribution is 2.16. The zero-order valence-electron chi connectivity index (χ0n) is 8.49. The van der Waals surface area contributed by atoms with Crippen LogP contribution in [-0.4, -0.2) is 5.75 Å². The average Bonchev–Trinajstić information content (AvgIpc) is 2.19. The second-order valence-electron chi connectivity index (χ2n) is 3.51. The molecule has 0 aliphatic heterocycles. The molecule has 0 nitrogen and oxygen atoms in total. The molecule has 72 valence electrons. The Kier molecular flexibility index (Phi) is 4.99. The molecule has 0 bridgehead atoms. The van der Waals surface area contributed by atoms with Crippen LogP contribution in [-0.2, 0) is 5.75 Å². The van der Waals surface area contributed by atoms with Gasteiger partial charge in [-0.25, -0.2) is 0 Å². The van der Waals surface area contributed by atoms with Crippen molar-refractivity contribution in [2.75, 3.05) is 5.75 Å². The Balaban J connectivity index is 2.20. The van der Waals surface area contributed by atoms with Gasteiger partial charge in [0, 0.05) is 5.75 Å². The summed E-state index contributed by atoms with van der Waals surface area (Å²) in [7, 11) is 0. The summed E-state index contributed by atoms with van der Waals surface area (Å²) in [6.45, 7) is 4.58. The number of hydrogen-bond donors (Lipinski definition) is 0. The minimum Gasteiger partial charge on any atom is -0.157 e. The molecule has 13 heavy (non-hydrogen) atoms. The summed E-state index contributed by atoms with van der Waals surface area (Å²) in [5.74, 6) is 3.30. The van der Waals surface area contributed by atoms with Crippen LogP contribution in [0.3, 0.4) is 0 Å². The fourth-order valence-corrected chi connectivity index (χ4v) is 2.25. The average molecular weight is 194 g/mol. The molecule has 1 aromatic rings. The number of hydrogen-bond acceptors (Lipinski definition) is 1. The van der Waals surface area contributed by atoms with Gasteiger partial charge in [0.1, 0.15) is 0 Å². The van der Waals surface area contributed by atoms with Crippen LogP contribution in [0.1, 0.15) is 25.8 Å². The van der Waals surface area contributed by atoms with Crippen LogP contribution in [0.25, 0.3) is 0 Å². The van der Waals surface area contributed by atoms with E-state index in [1.54, 1.807) is 0 Å². The molecule has 0 aliphatic carbocycles. The molecule has 0 fully saturated rings. The molecule has 1 atom stereocenters. The van der Waals surface area contributed by atoms with Gasteiger partial charge in [-0.15, -0.1) is 0 Å². The van der Waals surface area contributed by atoms with E-state index in [2.05, 4.69) is 44.2 Å². The zero-order valence-corrected chi connectivity index (χ0v) is 9.31. The monoisotopic (exact) mass is 194 g/mol. The second kappa shape index (κ2) is 6.09. The fraction of sp³-hybridized carbons (Fsp3) is 0.500. The van der Waals surface area contributed by atoms with E-state index in [0.717, 1.165) is 11.7 Å². The lowest BCUT2D eigenvalue weighted by atomic mass is 10.2. The predicted molar refractivity (Wildman–Crippen MR) is 62.1 cm³/mol. The van der Waals surface area contributed by atoms with Crippen molar-refractivity contribution in [1.82, 2.24) is 0 Å². The normalized spacial score (nSPS) is 12.8. The Bertz CT molecular complexity index is 218. The van der Waals surface area contributed by atoms with Crippen molar-refractivity contribution < 1.29 is 0 Å². The molecule has 1 aromatic carbocycles. The van der Waals surface area contributed by atoms with Crippen molar-refractivity contribution in [2.45, 2.75) is 26.0 Å². The fourth-order valence-electron chi connectivity index (χ4n) is 1.07. The molecule has 0 unspecified atom stereocenters. The Hall–Kier alpha value is -0.430. The first-order valence-corrected chi connectivity index (χ1v) is 6.10. The summed E-state index contributed by atoms with van der Waals surface area (Å²) in [6, 6.07) is 10.7. The molecule has 1 heteroatoms. The molecule has 1 rings (SSSR count). The van der Waals surface area contributed by atoms with Gasteiger partial charge < -0.3 is 0 Å². The van der Waals surface area contributed by atoms with Crippen LogP contribution < -0.4 is 0 Å². The van der Waals surface area contributed by atoms with Crippen molar-refractivity contribution in [1.29, 1.82) is 0 Å². The van der Waals surface area contributed by atoms with Gasteiger partial charge >= 0.3 is 0 Å². The van der Waals surface area contributed by atoms with Crippen molar-refractivity contribution in [3.63, 3.8) is 0 Å². The Morgan fingerprint density at radius 1 is 1.23 bits per heavy atom. The van der Waals surface area contributed by atoms with Gasteiger partial charge in [-0.2, -0.15) is 11.8 Å². The summed E-state index contributed by atoms with van der Waals surface area (Å²) < 4.78 is 0. The lowest BCUT2D eigenvalue weighted by molar-refractivity contribution is 0.637. The van der Waals surface area contributed by atoms with Gasteiger partial charge in [0.05, 0.1) is 0 Å². The maximum atomic E-state index is 2.32. The van der Waals surface area contributed by atoms with Crippen LogP contribution in [0.15, 0.2) is 30.3 Å². The molecule has 0 saturated heterocycles. The summed E-state index contributed by atoms with van der Waals surface area (Å²) in [5.41, 5.74) is 1.44. The summed E-state index contributed by atoms with van der Waals surface area (Å²) in [6.07, 6.45) is 1.29. The standard InChI is InChI=1S/C12H18S/c1-3-11(2)9-13-10-12-7-5-4-6-8-12/h4-8,11H,3,9-10H2,1-2H3/t11-/m0/s1. The highest BCUT2D eigenvalue weighted by atomic mass is 32.2. The molecule has 0 N–H and O–H groups in total. The first-order chi connectivity index (χ1) is 6.33. The third-order valence-corrected chi connectivity index (χ3v) is 3.55. The lowest BCUT2D eigenvalue weighted by Crippen LogP contribution is -1.95. The molecule has 0 saturated carbocycles. The van der Waals surface area contributed by atoms with E-state index in [1.807, 2.05) is 11.8 Å². The molecular formula is C12H18S. The van der Waals surface area contributed by atoms with E-state index in [1.165, 1.54) is 17.7 Å². The van der Waals surface area contributed by atoms with E-state index in [0.29, 0.717) is 0 Å². The van der Waals surface area contributed by atoms with Crippen LogP contribution in [0.2, 0.25) is 0 Å². The van der Waals surface area contributed by atoms with Gasteiger partial charge in [-0.1, -0.05) is 50.6 Å². The first kappa shape index (κ1) is 10.6. The van der Waals surface area contributed by atoms with E-state index >= 15 is 0 Å². The molecular weight excluding hydrogens is 176 g/mol. The molecule has 0 radical (unpaired) electrons. The number of benzene rings is 1. The maximum absolute atomic E-state index is 2.32. The van der Waals surface area contributed by atoms with Crippen molar-refractivity contribution >= 4 is 11.8 Å². The topological polar surface area (TPSA) is 0 Å². The number of rotatable bonds is 5. The molecule has 0 aliphatic rings. The van der Waals surface area contributed by atoms with Crippen molar-refractivity contribution in [2.24, 2.45) is 5.92 Å². The summed E-state index contributed by atoms with van der Waals surface area (Å²) in [5, 5.41) is 0. The third-order valence-electron chi connectivity index (χ3n) is 2.21. The Morgan fingerprint density at radius 3 is 2.54 bits per heavy atom. The first-order valence-electron chi connectivity index (χ1n) is 4.94. The minimum absolute atomic E-state index is 0.855. The zero-order chi connectivity index (χ0) is 9.52. The molecule has 0 amide bonds. The van der Waals surface area contributed by atoms with Crippen molar-refractivity contribution in [3.8, 4) is 0 Å². The van der Waals surface area contributed by atoms with Gasteiger partial charge in [0.25, 0.3) is 0 Å². The largest absolute Gasteiger partial charge is 0.157 e. The van der Waals surface area contributed by atoms with E-state index in [-0.39, 0.29) is 0 Å². The van der Waals surface area contributed by atoms with E-state index in [4.69, 9.17) is 0 Å². The van der Waals surface area contributed by atoms with Crippen LogP contribution in [0.4, 0.5) is 0 Å². The maximum Gasteiger partial charge on any atom is 0.0184 e. The van der Waals surface area contributed by atoms with Crippen LogP contribution in [0.5, 0.6) is 0 Å². The molecule has 0 aromatic heterocycles.